The van der Waals surface area contributed by atoms with Crippen LogP contribution in [0.1, 0.15) is 18.4 Å². The second-order valence-corrected chi connectivity index (χ2v) is 5.02. The number of nitrogens with one attached hydrogen (secondary N) is 2. The predicted octanol–water partition coefficient (Wildman–Crippen LogP) is 1.32. The van der Waals surface area contributed by atoms with E-state index in [0.717, 1.165) is 36.6 Å². The molecule has 1 aromatic rings. The highest BCUT2D eigenvalue weighted by Gasteiger charge is 2.18. The second kappa shape index (κ2) is 7.14. The number of methoxy groups -OCH3 is 2. The number of amides is 1. The van der Waals surface area contributed by atoms with Gasteiger partial charge in [0.2, 0.25) is 5.91 Å². The van der Waals surface area contributed by atoms with Crippen LogP contribution in [0.15, 0.2) is 18.2 Å². The summed E-state index contributed by atoms with van der Waals surface area (Å²) >= 11 is 0. The molecule has 0 radical (unpaired) electrons. The van der Waals surface area contributed by atoms with Gasteiger partial charge in [0.05, 0.1) is 14.2 Å². The smallest absolute Gasteiger partial charge is 0.220 e. The van der Waals surface area contributed by atoms with Crippen molar-refractivity contribution in [3.63, 3.8) is 0 Å². The van der Waals surface area contributed by atoms with Crippen LogP contribution in [0.25, 0.3) is 0 Å². The SMILES string of the molecule is COc1ccc(CNC(=O)C[C@H]2CCNC2)c(OC)c1. The Labute approximate surface area is 119 Å². The second-order valence-electron chi connectivity index (χ2n) is 5.02. The van der Waals surface area contributed by atoms with Gasteiger partial charge in [-0.25, -0.2) is 0 Å². The maximum Gasteiger partial charge on any atom is 0.220 e. The van der Waals surface area contributed by atoms with Crippen LogP contribution in [0.4, 0.5) is 0 Å². The molecule has 5 nitrogen and oxygen atoms in total. The molecule has 5 heteroatoms. The summed E-state index contributed by atoms with van der Waals surface area (Å²) in [5.74, 6) is 2.03. The summed E-state index contributed by atoms with van der Waals surface area (Å²) in [6.45, 7) is 2.44. The molecule has 20 heavy (non-hydrogen) atoms. The summed E-state index contributed by atoms with van der Waals surface area (Å²) in [4.78, 5) is 11.9. The fourth-order valence-electron chi connectivity index (χ4n) is 2.41. The van der Waals surface area contributed by atoms with E-state index in [1.165, 1.54) is 0 Å². The third-order valence-electron chi connectivity index (χ3n) is 3.61. The summed E-state index contributed by atoms with van der Waals surface area (Å²) in [5.41, 5.74) is 0.950. The van der Waals surface area contributed by atoms with Crippen molar-refractivity contribution in [2.75, 3.05) is 27.3 Å². The Balaban J connectivity index is 1.87. The van der Waals surface area contributed by atoms with Crippen LogP contribution in [0.2, 0.25) is 0 Å². The first-order chi connectivity index (χ1) is 9.72. The summed E-state index contributed by atoms with van der Waals surface area (Å²) in [6.07, 6.45) is 1.67. The first-order valence-electron chi connectivity index (χ1n) is 6.91. The molecule has 1 heterocycles. The van der Waals surface area contributed by atoms with Crippen LogP contribution in [0.3, 0.4) is 0 Å². The van der Waals surface area contributed by atoms with Crippen molar-refractivity contribution in [2.45, 2.75) is 19.4 Å². The van der Waals surface area contributed by atoms with Crippen LogP contribution in [-0.4, -0.2) is 33.2 Å². The summed E-state index contributed by atoms with van der Waals surface area (Å²) in [6, 6.07) is 5.60. The Morgan fingerprint density at radius 3 is 2.90 bits per heavy atom. The van der Waals surface area contributed by atoms with Gasteiger partial charge in [0, 0.05) is 24.6 Å². The number of carbonyl (C=O) groups excluding carboxylic acids is 1. The largest absolute Gasteiger partial charge is 0.497 e. The lowest BCUT2D eigenvalue weighted by molar-refractivity contribution is -0.122. The van der Waals surface area contributed by atoms with Crippen molar-refractivity contribution in [3.05, 3.63) is 23.8 Å². The highest BCUT2D eigenvalue weighted by atomic mass is 16.5. The molecule has 1 fully saturated rings. The third kappa shape index (κ3) is 3.87. The van der Waals surface area contributed by atoms with Crippen molar-refractivity contribution in [1.82, 2.24) is 10.6 Å². The van der Waals surface area contributed by atoms with E-state index in [-0.39, 0.29) is 5.91 Å². The number of ether oxygens (including phenoxy) is 2. The molecule has 110 valence electrons. The summed E-state index contributed by atoms with van der Waals surface area (Å²) in [7, 11) is 3.23. The van der Waals surface area contributed by atoms with Crippen LogP contribution in [0, 0.1) is 5.92 Å². The van der Waals surface area contributed by atoms with Gasteiger partial charge in [0.25, 0.3) is 0 Å². The first kappa shape index (κ1) is 14.7. The Morgan fingerprint density at radius 1 is 1.40 bits per heavy atom. The van der Waals surface area contributed by atoms with Crippen molar-refractivity contribution < 1.29 is 14.3 Å². The predicted molar refractivity (Wildman–Crippen MR) is 77.0 cm³/mol. The van der Waals surface area contributed by atoms with E-state index in [1.54, 1.807) is 14.2 Å². The molecule has 0 bridgehead atoms. The van der Waals surface area contributed by atoms with Gasteiger partial charge in [-0.3, -0.25) is 4.79 Å². The minimum Gasteiger partial charge on any atom is -0.497 e. The Morgan fingerprint density at radius 2 is 2.25 bits per heavy atom. The van der Waals surface area contributed by atoms with E-state index in [1.807, 2.05) is 18.2 Å². The van der Waals surface area contributed by atoms with Gasteiger partial charge >= 0.3 is 0 Å². The Kier molecular flexibility index (Phi) is 5.24. The zero-order chi connectivity index (χ0) is 14.4. The molecule has 1 aromatic carbocycles. The van der Waals surface area contributed by atoms with Crippen LogP contribution in [-0.2, 0) is 11.3 Å². The topological polar surface area (TPSA) is 59.6 Å². The zero-order valence-corrected chi connectivity index (χ0v) is 12.1. The van der Waals surface area contributed by atoms with E-state index < -0.39 is 0 Å². The molecule has 1 atom stereocenters. The number of carbonyl (C=O) groups is 1. The lowest BCUT2D eigenvalue weighted by Crippen LogP contribution is -2.26. The van der Waals surface area contributed by atoms with Crippen molar-refractivity contribution in [3.8, 4) is 11.5 Å². The normalized spacial score (nSPS) is 17.8. The highest BCUT2D eigenvalue weighted by Crippen LogP contribution is 2.24. The zero-order valence-electron chi connectivity index (χ0n) is 12.1. The van der Waals surface area contributed by atoms with E-state index in [4.69, 9.17) is 9.47 Å². The minimum atomic E-state index is 0.0940. The number of benzene rings is 1. The van der Waals surface area contributed by atoms with E-state index in [0.29, 0.717) is 18.9 Å². The minimum absolute atomic E-state index is 0.0940. The maximum atomic E-state index is 11.9. The molecule has 1 saturated heterocycles. The molecular weight excluding hydrogens is 256 g/mol. The monoisotopic (exact) mass is 278 g/mol. The van der Waals surface area contributed by atoms with Gasteiger partial charge in [-0.2, -0.15) is 0 Å². The van der Waals surface area contributed by atoms with Crippen molar-refractivity contribution >= 4 is 5.91 Å². The molecule has 0 aromatic heterocycles. The number of hydrogen-bond acceptors (Lipinski definition) is 4. The lowest BCUT2D eigenvalue weighted by Gasteiger charge is -2.12. The summed E-state index contributed by atoms with van der Waals surface area (Å²) in [5, 5.41) is 6.22. The first-order valence-corrected chi connectivity index (χ1v) is 6.91. The van der Waals surface area contributed by atoms with E-state index in [9.17, 15) is 4.79 Å². The van der Waals surface area contributed by atoms with E-state index >= 15 is 0 Å². The Bertz CT molecular complexity index is 456. The molecule has 2 N–H and O–H groups in total. The molecule has 1 aliphatic rings. The molecule has 2 rings (SSSR count). The molecule has 0 spiro atoms. The van der Waals surface area contributed by atoms with Gasteiger partial charge < -0.3 is 20.1 Å². The Hall–Kier alpha value is -1.75. The molecular formula is C15H22N2O3. The van der Waals surface area contributed by atoms with Crippen molar-refractivity contribution in [2.24, 2.45) is 5.92 Å². The van der Waals surface area contributed by atoms with Crippen LogP contribution >= 0.6 is 0 Å². The van der Waals surface area contributed by atoms with Gasteiger partial charge in [-0.15, -0.1) is 0 Å². The highest BCUT2D eigenvalue weighted by molar-refractivity contribution is 5.76. The molecule has 0 saturated carbocycles. The maximum absolute atomic E-state index is 11.9. The van der Waals surface area contributed by atoms with Gasteiger partial charge in [-0.1, -0.05) is 0 Å². The third-order valence-corrected chi connectivity index (χ3v) is 3.61. The average Bonchev–Trinajstić information content (AvgIpc) is 2.97. The van der Waals surface area contributed by atoms with Gasteiger partial charge in [-0.05, 0) is 37.6 Å². The number of rotatable bonds is 6. The molecule has 1 aliphatic heterocycles. The van der Waals surface area contributed by atoms with Crippen LogP contribution < -0.4 is 20.1 Å². The molecule has 0 unspecified atom stereocenters. The standard InChI is InChI=1S/C15H22N2O3/c1-19-13-4-3-12(14(8-13)20-2)10-17-15(18)7-11-5-6-16-9-11/h3-4,8,11,16H,5-7,9-10H2,1-2H3,(H,17,18)/t11-/m1/s1. The molecule has 0 aliphatic carbocycles. The molecule has 1 amide bonds. The number of hydrogen-bond donors (Lipinski definition) is 2. The van der Waals surface area contributed by atoms with Crippen LogP contribution in [0.5, 0.6) is 11.5 Å². The van der Waals surface area contributed by atoms with Crippen molar-refractivity contribution in [1.29, 1.82) is 0 Å². The quantitative estimate of drug-likeness (QED) is 0.824. The lowest BCUT2D eigenvalue weighted by atomic mass is 10.0. The van der Waals surface area contributed by atoms with Gasteiger partial charge in [0.1, 0.15) is 11.5 Å². The summed E-state index contributed by atoms with van der Waals surface area (Å²) < 4.78 is 10.5. The fourth-order valence-corrected chi connectivity index (χ4v) is 2.41. The van der Waals surface area contributed by atoms with Gasteiger partial charge in [0.15, 0.2) is 0 Å². The van der Waals surface area contributed by atoms with E-state index in [2.05, 4.69) is 10.6 Å². The fraction of sp³-hybridized carbons (Fsp3) is 0.533. The average molecular weight is 278 g/mol.